The summed E-state index contributed by atoms with van der Waals surface area (Å²) >= 11 is 0. The van der Waals surface area contributed by atoms with E-state index in [1.54, 1.807) is 7.11 Å². The number of methoxy groups -OCH3 is 1. The summed E-state index contributed by atoms with van der Waals surface area (Å²) in [6.45, 7) is 0.747. The molecule has 0 spiro atoms. The Hall–Kier alpha value is -4.34. The minimum atomic E-state index is -1.25. The first-order valence-corrected chi connectivity index (χ1v) is 20.1. The molecule has 11 nitrogen and oxygen atoms in total. The van der Waals surface area contributed by atoms with Gasteiger partial charge in [-0.3, -0.25) is 0 Å². The molecule has 2 aliphatic heterocycles. The molecule has 59 heavy (non-hydrogen) atoms. The number of rotatable bonds is 20. The minimum absolute atomic E-state index is 0.0955. The molecule has 2 N–H and O–H groups in total. The molecular weight excluding hydrogens is 753 g/mol. The first kappa shape index (κ1) is 42.8. The van der Waals surface area contributed by atoms with Crippen LogP contribution in [0.3, 0.4) is 0 Å². The molecule has 0 saturated carbocycles. The van der Waals surface area contributed by atoms with Crippen LogP contribution in [0.15, 0.2) is 152 Å². The van der Waals surface area contributed by atoms with Crippen molar-refractivity contribution in [2.24, 2.45) is 0 Å². The molecule has 7 rings (SSSR count). The van der Waals surface area contributed by atoms with Crippen LogP contribution in [0.4, 0.5) is 0 Å². The molecule has 0 aromatic heterocycles. The van der Waals surface area contributed by atoms with E-state index in [2.05, 4.69) is 0 Å². The van der Waals surface area contributed by atoms with Crippen molar-refractivity contribution in [1.82, 2.24) is 0 Å². The summed E-state index contributed by atoms with van der Waals surface area (Å²) in [6, 6.07) is 48.9. The smallest absolute Gasteiger partial charge is 0.187 e. The normalized spacial score (nSPS) is 27.0. The van der Waals surface area contributed by atoms with E-state index in [0.29, 0.717) is 6.61 Å². The Morgan fingerprint density at radius 3 is 1.24 bits per heavy atom. The van der Waals surface area contributed by atoms with Crippen LogP contribution in [0.5, 0.6) is 0 Å². The highest BCUT2D eigenvalue weighted by atomic mass is 16.8. The average Bonchev–Trinajstić information content (AvgIpc) is 3.29. The molecule has 5 aromatic rings. The molecule has 0 unspecified atom stereocenters. The predicted molar refractivity (Wildman–Crippen MR) is 218 cm³/mol. The Morgan fingerprint density at radius 1 is 0.441 bits per heavy atom. The fourth-order valence-corrected chi connectivity index (χ4v) is 7.34. The lowest BCUT2D eigenvalue weighted by atomic mass is 9.96. The molecule has 0 radical (unpaired) electrons. The van der Waals surface area contributed by atoms with Gasteiger partial charge in [0.2, 0.25) is 0 Å². The molecule has 10 atom stereocenters. The maximum absolute atomic E-state index is 11.7. The Morgan fingerprint density at radius 2 is 0.814 bits per heavy atom. The van der Waals surface area contributed by atoms with Crippen molar-refractivity contribution in [3.8, 4) is 0 Å². The summed E-state index contributed by atoms with van der Waals surface area (Å²) in [5.41, 5.74) is 4.70. The first-order chi connectivity index (χ1) is 29.1. The maximum Gasteiger partial charge on any atom is 0.187 e. The third kappa shape index (κ3) is 11.9. The van der Waals surface area contributed by atoms with E-state index in [1.165, 1.54) is 0 Å². The van der Waals surface area contributed by atoms with Crippen LogP contribution < -0.4 is 0 Å². The van der Waals surface area contributed by atoms with E-state index >= 15 is 0 Å². The van der Waals surface area contributed by atoms with Gasteiger partial charge in [0.25, 0.3) is 0 Å². The topological polar surface area (TPSA) is 124 Å². The molecule has 2 fully saturated rings. The summed E-state index contributed by atoms with van der Waals surface area (Å²) in [7, 11) is 1.57. The van der Waals surface area contributed by atoms with Crippen molar-refractivity contribution < 1.29 is 52.8 Å². The number of aliphatic hydroxyl groups is 2. The monoisotopic (exact) mass is 806 g/mol. The molecule has 312 valence electrons. The third-order valence-corrected chi connectivity index (χ3v) is 10.4. The highest BCUT2D eigenvalue weighted by Crippen LogP contribution is 2.35. The van der Waals surface area contributed by atoms with Gasteiger partial charge in [0, 0.05) is 7.11 Å². The predicted octanol–water partition coefficient (Wildman–Crippen LogP) is 6.38. The number of aliphatic hydroxyl groups excluding tert-OH is 2. The highest BCUT2D eigenvalue weighted by Gasteiger charge is 2.53. The second-order valence-electron chi connectivity index (χ2n) is 14.6. The van der Waals surface area contributed by atoms with Crippen LogP contribution in [-0.4, -0.2) is 91.9 Å². The third-order valence-electron chi connectivity index (χ3n) is 10.4. The zero-order valence-corrected chi connectivity index (χ0v) is 33.2. The van der Waals surface area contributed by atoms with Crippen LogP contribution in [0, 0.1) is 0 Å². The molecular formula is C48H54O11. The molecule has 2 heterocycles. The zero-order valence-electron chi connectivity index (χ0n) is 33.2. The van der Waals surface area contributed by atoms with Crippen LogP contribution in [0.2, 0.25) is 0 Å². The molecule has 5 aromatic carbocycles. The molecule has 2 aliphatic rings. The molecule has 2 saturated heterocycles. The molecule has 11 heteroatoms. The van der Waals surface area contributed by atoms with E-state index in [1.807, 2.05) is 152 Å². The lowest BCUT2D eigenvalue weighted by Crippen LogP contribution is -2.66. The summed E-state index contributed by atoms with van der Waals surface area (Å²) < 4.78 is 59.0. The summed E-state index contributed by atoms with van der Waals surface area (Å²) in [6.07, 6.45) is -9.54. The molecule has 0 bridgehead atoms. The zero-order chi connectivity index (χ0) is 40.7. The SMILES string of the molecule is CO[C@@H]1O[C@H](COCc2ccccc2)[C@@H](O[C@@H]2O[C@H](CO)[C@H](O)[C@H](OCc3ccccc3)[C@H]2OCc2ccccc2)[C@H](OCc2ccccc2)[C@H]1OCc1ccccc1. The van der Waals surface area contributed by atoms with Crippen LogP contribution >= 0.6 is 0 Å². The van der Waals surface area contributed by atoms with Crippen LogP contribution in [0.25, 0.3) is 0 Å². The number of ether oxygens (including phenoxy) is 9. The van der Waals surface area contributed by atoms with Gasteiger partial charge in [-0.1, -0.05) is 152 Å². The number of benzene rings is 5. The van der Waals surface area contributed by atoms with Crippen molar-refractivity contribution in [3.63, 3.8) is 0 Å². The van der Waals surface area contributed by atoms with Gasteiger partial charge in [0.05, 0.1) is 46.2 Å². The van der Waals surface area contributed by atoms with E-state index in [4.69, 9.17) is 42.6 Å². The second kappa shape index (κ2) is 22.3. The Kier molecular flexibility index (Phi) is 16.2. The van der Waals surface area contributed by atoms with Gasteiger partial charge in [-0.2, -0.15) is 0 Å². The second-order valence-corrected chi connectivity index (χ2v) is 14.6. The van der Waals surface area contributed by atoms with Gasteiger partial charge in [-0.15, -0.1) is 0 Å². The first-order valence-electron chi connectivity index (χ1n) is 20.1. The summed E-state index contributed by atoms with van der Waals surface area (Å²) in [5, 5.41) is 22.2. The van der Waals surface area contributed by atoms with E-state index < -0.39 is 68.0 Å². The Bertz CT molecular complexity index is 1890. The van der Waals surface area contributed by atoms with Crippen molar-refractivity contribution in [2.75, 3.05) is 20.3 Å². The standard InChI is InChI=1S/C48H54O11/c1-51-47-46(56-32-38-25-15-6-16-26-38)44(54-30-36-21-11-4-12-22-36)42(40(58-47)33-52-28-34-17-7-2-8-18-34)59-48-45(55-31-37-23-13-5-14-24-37)43(41(50)39(27-49)57-48)53-29-35-19-9-3-10-20-35/h2-26,39-50H,27-33H2,1H3/t39-,40-,41+,42-,43+,44+,45-,46-,47-,48+/m1/s1. The Labute approximate surface area is 346 Å². The fourth-order valence-electron chi connectivity index (χ4n) is 7.34. The van der Waals surface area contributed by atoms with Gasteiger partial charge in [0.15, 0.2) is 12.6 Å². The van der Waals surface area contributed by atoms with Gasteiger partial charge < -0.3 is 52.8 Å². The van der Waals surface area contributed by atoms with Crippen molar-refractivity contribution in [1.29, 1.82) is 0 Å². The largest absolute Gasteiger partial charge is 0.394 e. The average molecular weight is 807 g/mol. The van der Waals surface area contributed by atoms with E-state index in [-0.39, 0.29) is 33.0 Å². The van der Waals surface area contributed by atoms with Gasteiger partial charge in [-0.05, 0) is 27.8 Å². The number of hydrogen-bond donors (Lipinski definition) is 2. The summed E-state index contributed by atoms with van der Waals surface area (Å²) in [5.74, 6) is 0. The van der Waals surface area contributed by atoms with Crippen molar-refractivity contribution in [2.45, 2.75) is 94.4 Å². The van der Waals surface area contributed by atoms with Gasteiger partial charge >= 0.3 is 0 Å². The number of hydrogen-bond acceptors (Lipinski definition) is 11. The molecule has 0 aliphatic carbocycles. The maximum atomic E-state index is 11.7. The van der Waals surface area contributed by atoms with E-state index in [0.717, 1.165) is 27.8 Å². The van der Waals surface area contributed by atoms with Crippen LogP contribution in [-0.2, 0) is 75.7 Å². The quantitative estimate of drug-likeness (QED) is 0.0912. The molecule has 0 amide bonds. The lowest BCUT2D eigenvalue weighted by Gasteiger charge is -2.49. The van der Waals surface area contributed by atoms with Crippen LogP contribution in [0.1, 0.15) is 27.8 Å². The minimum Gasteiger partial charge on any atom is -0.394 e. The summed E-state index contributed by atoms with van der Waals surface area (Å²) in [4.78, 5) is 0. The highest BCUT2D eigenvalue weighted by molar-refractivity contribution is 5.17. The van der Waals surface area contributed by atoms with Gasteiger partial charge in [0.1, 0.15) is 48.8 Å². The lowest BCUT2D eigenvalue weighted by molar-refractivity contribution is -0.373. The Balaban J connectivity index is 1.23. The van der Waals surface area contributed by atoms with Crippen molar-refractivity contribution in [3.05, 3.63) is 179 Å². The fraction of sp³-hybridized carbons (Fsp3) is 0.375. The van der Waals surface area contributed by atoms with Gasteiger partial charge in [-0.25, -0.2) is 0 Å². The van der Waals surface area contributed by atoms with E-state index in [9.17, 15) is 10.2 Å². The van der Waals surface area contributed by atoms with Crippen molar-refractivity contribution >= 4 is 0 Å².